The largest absolute Gasteiger partial charge is 0.465 e. The highest BCUT2D eigenvalue weighted by Gasteiger charge is 2.52. The number of carbonyl (C=O) groups excluding carboxylic acids is 1. The van der Waals surface area contributed by atoms with Crippen molar-refractivity contribution in [2.75, 3.05) is 20.1 Å². The fourth-order valence-corrected chi connectivity index (χ4v) is 5.19. The third-order valence-electron chi connectivity index (χ3n) is 7.91. The Hall–Kier alpha value is -3.58. The Labute approximate surface area is 236 Å². The Morgan fingerprint density at radius 1 is 1.23 bits per heavy atom. The van der Waals surface area contributed by atoms with Gasteiger partial charge in [-0.25, -0.2) is 9.59 Å². The van der Waals surface area contributed by atoms with E-state index in [1.807, 2.05) is 35.0 Å². The number of nitrogens with zero attached hydrogens (tertiary/aromatic N) is 5. The number of likely N-dealkylation sites (N-methyl/N-ethyl adjacent to an activating group) is 1. The molecule has 1 aromatic carbocycles. The van der Waals surface area contributed by atoms with Crippen LogP contribution in [0.3, 0.4) is 0 Å². The summed E-state index contributed by atoms with van der Waals surface area (Å²) in [4.78, 5) is 32.4. The molecule has 13 heteroatoms. The number of aromatic nitrogens is 2. The summed E-state index contributed by atoms with van der Waals surface area (Å²) in [6.07, 6.45) is 2.14. The number of benzene rings is 1. The maximum Gasteiger partial charge on any atom is 0.404 e. The molecule has 2 aliphatic heterocycles. The number of hydroxylamine groups is 2. The first-order chi connectivity index (χ1) is 18.9. The van der Waals surface area contributed by atoms with Crippen LogP contribution in [0.2, 0.25) is 18.1 Å². The second-order valence-corrected chi connectivity index (χ2v) is 16.4. The molecule has 2 atom stereocenters. The summed E-state index contributed by atoms with van der Waals surface area (Å²) in [7, 11) is -0.442. The molecule has 0 unspecified atom stereocenters. The number of nitrogens with one attached hydrogen (secondary N) is 2. The number of rotatable bonds is 11. The number of carboxylic acid groups (broad SMARTS) is 1. The van der Waals surface area contributed by atoms with Crippen molar-refractivity contribution in [2.24, 2.45) is 5.16 Å². The van der Waals surface area contributed by atoms with Crippen LogP contribution in [0.5, 0.6) is 0 Å². The Morgan fingerprint density at radius 3 is 2.60 bits per heavy atom. The molecule has 12 nitrogen and oxygen atoms in total. The normalized spacial score (nSPS) is 19.1. The summed E-state index contributed by atoms with van der Waals surface area (Å²) >= 11 is 0. The Morgan fingerprint density at radius 2 is 1.95 bits per heavy atom. The first-order valence-electron chi connectivity index (χ1n) is 13.7. The van der Waals surface area contributed by atoms with Crippen molar-refractivity contribution < 1.29 is 24.1 Å². The average Bonchev–Trinajstić information content (AvgIpc) is 3.44. The molecular formula is C27H41N7O5Si. The highest BCUT2D eigenvalue weighted by atomic mass is 28.4. The van der Waals surface area contributed by atoms with Crippen molar-refractivity contribution >= 4 is 26.3 Å². The molecule has 40 heavy (non-hydrogen) atoms. The van der Waals surface area contributed by atoms with Gasteiger partial charge in [0, 0.05) is 25.7 Å². The Bertz CT molecular complexity index is 1230. The molecular weight excluding hydrogens is 530 g/mol. The Balaban J connectivity index is 1.65. The van der Waals surface area contributed by atoms with Crippen LogP contribution in [0, 0.1) is 0 Å². The molecule has 2 bridgehead atoms. The lowest BCUT2D eigenvalue weighted by Crippen LogP contribution is -2.45. The zero-order chi connectivity index (χ0) is 29.1. The molecule has 0 radical (unpaired) electrons. The van der Waals surface area contributed by atoms with Gasteiger partial charge in [-0.3, -0.25) is 9.52 Å². The minimum atomic E-state index is -2.22. The summed E-state index contributed by atoms with van der Waals surface area (Å²) in [5.74, 6) is 0.525. The number of aryl methyl sites for hydroxylation is 1. The SMILES string of the molecule is CN/C(=N\O[Si](C)(C)C(C)(C)C)[C@@H]1c2c(cnn2CCCCNC(=O)O)[C@@H]2CN1C(=O)N2OCc1ccccc1. The predicted molar refractivity (Wildman–Crippen MR) is 153 cm³/mol. The van der Waals surface area contributed by atoms with Crippen molar-refractivity contribution in [1.29, 1.82) is 0 Å². The third-order valence-corrected chi connectivity index (χ3v) is 12.1. The van der Waals surface area contributed by atoms with Gasteiger partial charge in [0.05, 0.1) is 18.4 Å². The number of urea groups is 1. The summed E-state index contributed by atoms with van der Waals surface area (Å²) in [5.41, 5.74) is 2.72. The van der Waals surface area contributed by atoms with Crippen LogP contribution in [0.1, 0.15) is 62.5 Å². The van der Waals surface area contributed by atoms with Gasteiger partial charge in [0.2, 0.25) is 0 Å². The zero-order valence-electron chi connectivity index (χ0n) is 24.2. The quantitative estimate of drug-likeness (QED) is 0.119. The number of hydrogen-bond acceptors (Lipinski definition) is 6. The summed E-state index contributed by atoms with van der Waals surface area (Å²) in [6, 6.07) is 8.64. The number of amides is 3. The highest BCUT2D eigenvalue weighted by molar-refractivity contribution is 6.74. The second kappa shape index (κ2) is 11.9. The van der Waals surface area contributed by atoms with E-state index in [0.29, 0.717) is 38.3 Å². The van der Waals surface area contributed by atoms with Gasteiger partial charge in [-0.1, -0.05) is 56.3 Å². The van der Waals surface area contributed by atoms with Crippen molar-refractivity contribution in [1.82, 2.24) is 30.4 Å². The summed E-state index contributed by atoms with van der Waals surface area (Å²) < 4.78 is 8.12. The van der Waals surface area contributed by atoms with Gasteiger partial charge in [-0.15, -0.1) is 0 Å². The molecule has 0 spiro atoms. The molecule has 218 valence electrons. The highest BCUT2D eigenvalue weighted by Crippen LogP contribution is 2.45. The Kier molecular flexibility index (Phi) is 8.73. The molecule has 1 saturated heterocycles. The lowest BCUT2D eigenvalue weighted by atomic mass is 9.97. The first kappa shape index (κ1) is 29.4. The van der Waals surface area contributed by atoms with Crippen molar-refractivity contribution in [3.63, 3.8) is 0 Å². The number of amidine groups is 1. The van der Waals surface area contributed by atoms with Gasteiger partial charge in [-0.05, 0) is 36.5 Å². The fourth-order valence-electron chi connectivity index (χ4n) is 4.58. The van der Waals surface area contributed by atoms with Gasteiger partial charge < -0.3 is 25.2 Å². The van der Waals surface area contributed by atoms with Crippen LogP contribution in [0.4, 0.5) is 9.59 Å². The molecule has 2 aromatic rings. The lowest BCUT2D eigenvalue weighted by molar-refractivity contribution is -0.141. The fraction of sp³-hybridized carbons (Fsp3) is 0.556. The van der Waals surface area contributed by atoms with Crippen LogP contribution >= 0.6 is 0 Å². The maximum atomic E-state index is 13.8. The van der Waals surface area contributed by atoms with Crippen molar-refractivity contribution in [2.45, 2.75) is 77.0 Å². The minimum Gasteiger partial charge on any atom is -0.465 e. The standard InChI is InChI=1S/C27H41N7O5Si/c1-27(2,3)40(5,6)39-31-24(28-4)23-22-20(16-30-33(22)15-11-10-14-29-25(35)36)21-17-32(23)26(37)34(21)38-18-19-12-8-7-9-13-19/h7-9,12-13,16,21,23,29H,10-11,14-15,17-18H2,1-6H3,(H,28,31)(H,35,36)/t21-,23-/m0/s1. The monoisotopic (exact) mass is 571 g/mol. The third kappa shape index (κ3) is 6.09. The molecule has 1 fully saturated rings. The van der Waals surface area contributed by atoms with E-state index in [1.165, 1.54) is 5.06 Å². The van der Waals surface area contributed by atoms with Gasteiger partial charge in [-0.2, -0.15) is 10.2 Å². The number of hydrogen-bond donors (Lipinski definition) is 3. The second-order valence-electron chi connectivity index (χ2n) is 11.7. The molecule has 3 N–H and O–H groups in total. The molecule has 0 aliphatic carbocycles. The number of fused-ring (bicyclic) bond motifs is 4. The number of carbonyl (C=O) groups is 2. The molecule has 3 heterocycles. The molecule has 2 aliphatic rings. The summed E-state index contributed by atoms with van der Waals surface area (Å²) in [5, 5.41) is 25.2. The minimum absolute atomic E-state index is 0.0462. The predicted octanol–water partition coefficient (Wildman–Crippen LogP) is 4.45. The van der Waals surface area contributed by atoms with E-state index in [-0.39, 0.29) is 23.7 Å². The van der Waals surface area contributed by atoms with Crippen molar-refractivity contribution in [3.05, 3.63) is 53.3 Å². The summed E-state index contributed by atoms with van der Waals surface area (Å²) in [6.45, 7) is 12.3. The number of oxime groups is 1. The number of unbranched alkanes of at least 4 members (excludes halogenated alkanes) is 1. The molecule has 1 aromatic heterocycles. The van der Waals surface area contributed by atoms with Gasteiger partial charge in [0.15, 0.2) is 5.84 Å². The topological polar surface area (TPSA) is 134 Å². The van der Waals surface area contributed by atoms with E-state index in [0.717, 1.165) is 16.8 Å². The first-order valence-corrected chi connectivity index (χ1v) is 16.6. The van der Waals surface area contributed by atoms with Crippen LogP contribution < -0.4 is 10.6 Å². The lowest BCUT2D eigenvalue weighted by Gasteiger charge is -2.35. The van der Waals surface area contributed by atoms with Crippen LogP contribution in [-0.4, -0.2) is 71.3 Å². The van der Waals surface area contributed by atoms with Gasteiger partial charge >= 0.3 is 12.1 Å². The van der Waals surface area contributed by atoms with E-state index >= 15 is 0 Å². The van der Waals surface area contributed by atoms with E-state index in [4.69, 9.17) is 14.5 Å². The molecule has 4 rings (SSSR count). The van der Waals surface area contributed by atoms with Crippen LogP contribution in [-0.2, 0) is 22.5 Å². The van der Waals surface area contributed by atoms with E-state index < -0.39 is 20.5 Å². The van der Waals surface area contributed by atoms with Gasteiger partial charge in [0.25, 0.3) is 8.32 Å². The van der Waals surface area contributed by atoms with Crippen molar-refractivity contribution in [3.8, 4) is 0 Å². The van der Waals surface area contributed by atoms with Crippen LogP contribution in [0.15, 0.2) is 41.7 Å². The molecule has 3 amide bonds. The van der Waals surface area contributed by atoms with E-state index in [9.17, 15) is 9.59 Å². The van der Waals surface area contributed by atoms with Gasteiger partial charge in [0.1, 0.15) is 18.7 Å². The average molecular weight is 572 g/mol. The van der Waals surface area contributed by atoms with E-state index in [2.05, 4.69) is 54.8 Å². The van der Waals surface area contributed by atoms with Crippen LogP contribution in [0.25, 0.3) is 0 Å². The zero-order valence-corrected chi connectivity index (χ0v) is 25.2. The smallest absolute Gasteiger partial charge is 0.404 e. The maximum absolute atomic E-state index is 13.8. The van der Waals surface area contributed by atoms with E-state index in [1.54, 1.807) is 18.1 Å². The molecule has 0 saturated carbocycles.